The first-order chi connectivity index (χ1) is 7.60. The van der Waals surface area contributed by atoms with E-state index in [-0.39, 0.29) is 0 Å². The van der Waals surface area contributed by atoms with Crippen molar-refractivity contribution in [1.29, 1.82) is 0 Å². The summed E-state index contributed by atoms with van der Waals surface area (Å²) in [7, 11) is -4.80. The molecule has 0 bridgehead atoms. The van der Waals surface area contributed by atoms with Crippen LogP contribution in [0.4, 0.5) is 0 Å². The van der Waals surface area contributed by atoms with Crippen LogP contribution in [0.5, 0.6) is 0 Å². The lowest BCUT2D eigenvalue weighted by Crippen LogP contribution is -2.46. The highest BCUT2D eigenvalue weighted by Gasteiger charge is 2.39. The van der Waals surface area contributed by atoms with Crippen molar-refractivity contribution in [1.82, 2.24) is 0 Å². The van der Waals surface area contributed by atoms with E-state index in [0.717, 1.165) is 0 Å². The van der Waals surface area contributed by atoms with Gasteiger partial charge >= 0.3 is 8.80 Å². The van der Waals surface area contributed by atoms with Gasteiger partial charge in [0.1, 0.15) is 0 Å². The molecule has 0 spiro atoms. The van der Waals surface area contributed by atoms with Gasteiger partial charge in [-0.15, -0.1) is 0 Å². The second kappa shape index (κ2) is 8.88. The van der Waals surface area contributed by atoms with Crippen molar-refractivity contribution in [3.8, 4) is 0 Å². The molecule has 0 atom stereocenters. The van der Waals surface area contributed by atoms with E-state index >= 15 is 0 Å². The topological polar surface area (TPSA) is 61.8 Å². The Balaban J connectivity index is 4.51. The van der Waals surface area contributed by atoms with Crippen molar-refractivity contribution in [3.63, 3.8) is 0 Å². The first-order valence-electron chi connectivity index (χ1n) is 5.43. The summed E-state index contributed by atoms with van der Waals surface area (Å²) >= 11 is 0. The number of hydrogen-bond donors (Lipinski definition) is 0. The Morgan fingerprint density at radius 1 is 1.00 bits per heavy atom. The Bertz CT molecular complexity index is 276. The fourth-order valence-corrected chi connectivity index (χ4v) is 4.35. The van der Waals surface area contributed by atoms with E-state index < -0.39 is 19.1 Å². The van der Waals surface area contributed by atoms with Crippen LogP contribution in [0.25, 0.3) is 0 Å². The molecule has 0 aromatic rings. The highest BCUT2D eigenvalue weighted by Crippen LogP contribution is 2.17. The van der Waals surface area contributed by atoms with E-state index in [1.807, 2.05) is 20.8 Å². The van der Waals surface area contributed by atoms with Crippen molar-refractivity contribution in [2.45, 2.75) is 33.2 Å². The molecule has 7 heteroatoms. The maximum Gasteiger partial charge on any atom is 0.501 e. The lowest BCUT2D eigenvalue weighted by Gasteiger charge is -2.27. The molecule has 0 unspecified atom stereocenters. The van der Waals surface area contributed by atoms with Crippen LogP contribution >= 0.6 is 0 Å². The third-order valence-electron chi connectivity index (χ3n) is 1.80. The standard InChI is InChI=1S/C9H20O5SSi/c1-4-12-16(13-5-2,14-6-3)9-7-8-15(10)11/h8H,4-7,9H2,1-3H3. The molecule has 0 aromatic carbocycles. The van der Waals surface area contributed by atoms with Gasteiger partial charge in [-0.25, -0.2) is 0 Å². The van der Waals surface area contributed by atoms with E-state index in [4.69, 9.17) is 13.3 Å². The monoisotopic (exact) mass is 268 g/mol. The molecule has 0 saturated carbocycles. The lowest BCUT2D eigenvalue weighted by molar-refractivity contribution is 0.0719. The molecule has 0 aliphatic carbocycles. The number of hydrogen-bond acceptors (Lipinski definition) is 5. The van der Waals surface area contributed by atoms with Crippen LogP contribution in [-0.2, 0) is 23.6 Å². The smallest absolute Gasteiger partial charge is 0.374 e. The van der Waals surface area contributed by atoms with Gasteiger partial charge in [0, 0.05) is 31.2 Å². The highest BCUT2D eigenvalue weighted by atomic mass is 32.2. The van der Waals surface area contributed by atoms with Gasteiger partial charge in [-0.3, -0.25) is 0 Å². The molecule has 0 radical (unpaired) electrons. The third-order valence-corrected chi connectivity index (χ3v) is 5.39. The van der Waals surface area contributed by atoms with Crippen molar-refractivity contribution in [2.75, 3.05) is 19.8 Å². The summed E-state index contributed by atoms with van der Waals surface area (Å²) in [6.07, 6.45) is 0.391. The molecule has 16 heavy (non-hydrogen) atoms. The molecule has 0 aromatic heterocycles. The first-order valence-corrected chi connectivity index (χ1v) is 8.50. The average molecular weight is 268 g/mol. The maximum absolute atomic E-state index is 10.4. The van der Waals surface area contributed by atoms with Gasteiger partial charge < -0.3 is 13.3 Å². The summed E-state index contributed by atoms with van der Waals surface area (Å²) in [5.74, 6) is 0. The van der Waals surface area contributed by atoms with Gasteiger partial charge in [-0.2, -0.15) is 8.42 Å². The molecule has 0 rings (SSSR count). The third kappa shape index (κ3) is 6.39. The molecule has 0 N–H and O–H groups in total. The summed E-state index contributed by atoms with van der Waals surface area (Å²) in [4.78, 5) is 0. The van der Waals surface area contributed by atoms with Gasteiger partial charge in [0.15, 0.2) is 0 Å². The van der Waals surface area contributed by atoms with Crippen LogP contribution in [0.2, 0.25) is 6.04 Å². The quantitative estimate of drug-likeness (QED) is 0.463. The van der Waals surface area contributed by atoms with E-state index in [1.165, 1.54) is 5.37 Å². The largest absolute Gasteiger partial charge is 0.501 e. The second-order valence-electron chi connectivity index (χ2n) is 2.95. The van der Waals surface area contributed by atoms with Crippen molar-refractivity contribution >= 4 is 24.5 Å². The van der Waals surface area contributed by atoms with Gasteiger partial charge in [0.05, 0.1) is 0 Å². The molecule has 0 amide bonds. The predicted octanol–water partition coefficient (Wildman–Crippen LogP) is 1.11. The van der Waals surface area contributed by atoms with Crippen LogP contribution < -0.4 is 0 Å². The average Bonchev–Trinajstić information content (AvgIpc) is 2.18. The van der Waals surface area contributed by atoms with E-state index in [2.05, 4.69) is 0 Å². The molecule has 96 valence electrons. The Hall–Kier alpha value is -0.213. The predicted molar refractivity (Wildman–Crippen MR) is 65.0 cm³/mol. The lowest BCUT2D eigenvalue weighted by atomic mass is 10.6. The number of rotatable bonds is 9. The van der Waals surface area contributed by atoms with E-state index in [1.54, 1.807) is 0 Å². The van der Waals surface area contributed by atoms with Crippen molar-refractivity contribution in [3.05, 3.63) is 0 Å². The normalized spacial score (nSPS) is 11.4. The second-order valence-corrected chi connectivity index (χ2v) is 6.53. The van der Waals surface area contributed by atoms with E-state index in [9.17, 15) is 8.42 Å². The first kappa shape index (κ1) is 15.8. The zero-order valence-electron chi connectivity index (χ0n) is 10.1. The van der Waals surface area contributed by atoms with Crippen molar-refractivity contribution < 1.29 is 21.7 Å². The molecular formula is C9H20O5SSi. The zero-order valence-corrected chi connectivity index (χ0v) is 11.9. The maximum atomic E-state index is 10.4. The molecule has 0 aliphatic heterocycles. The Morgan fingerprint density at radius 3 is 1.75 bits per heavy atom. The molecule has 0 aliphatic rings. The Labute approximate surface area is 99.6 Å². The highest BCUT2D eigenvalue weighted by molar-refractivity contribution is 7.71. The minimum Gasteiger partial charge on any atom is -0.374 e. The molecule has 0 saturated heterocycles. The minimum atomic E-state index is -2.67. The van der Waals surface area contributed by atoms with Gasteiger partial charge in [-0.05, 0) is 27.2 Å². The van der Waals surface area contributed by atoms with Gasteiger partial charge in [-0.1, -0.05) is 0 Å². The Kier molecular flexibility index (Phi) is 8.77. The van der Waals surface area contributed by atoms with Crippen LogP contribution in [0.3, 0.4) is 0 Å². The summed E-state index contributed by atoms with van der Waals surface area (Å²) in [5, 5.41) is 1.21. The van der Waals surface area contributed by atoms with E-state index in [0.29, 0.717) is 32.3 Å². The summed E-state index contributed by atoms with van der Waals surface area (Å²) in [6.45, 7) is 7.13. The van der Waals surface area contributed by atoms with Gasteiger partial charge in [0.2, 0.25) is 10.3 Å². The minimum absolute atomic E-state index is 0.391. The molecule has 0 fully saturated rings. The fourth-order valence-electron chi connectivity index (χ4n) is 1.33. The van der Waals surface area contributed by atoms with Crippen molar-refractivity contribution in [2.24, 2.45) is 0 Å². The zero-order chi connectivity index (χ0) is 12.4. The summed E-state index contributed by atoms with van der Waals surface area (Å²) < 4.78 is 37.5. The van der Waals surface area contributed by atoms with Crippen LogP contribution in [0.1, 0.15) is 27.2 Å². The molecule has 0 heterocycles. The van der Waals surface area contributed by atoms with Gasteiger partial charge in [0.25, 0.3) is 0 Å². The van der Waals surface area contributed by atoms with Crippen LogP contribution in [0, 0.1) is 0 Å². The fraction of sp³-hybridized carbons (Fsp3) is 0.889. The summed E-state index contributed by atoms with van der Waals surface area (Å²) in [5.41, 5.74) is 0. The Morgan fingerprint density at radius 2 is 1.44 bits per heavy atom. The summed E-state index contributed by atoms with van der Waals surface area (Å²) in [6, 6.07) is 0.497. The molecule has 5 nitrogen and oxygen atoms in total. The SMILES string of the molecule is CCO[Si](CCC=S(=O)=O)(OCC)OCC. The van der Waals surface area contributed by atoms with Crippen LogP contribution in [0.15, 0.2) is 0 Å². The van der Waals surface area contributed by atoms with Crippen LogP contribution in [-0.4, -0.2) is 42.4 Å². The molecular weight excluding hydrogens is 248 g/mol.